The number of benzene rings is 1. The number of aldehydes is 1. The summed E-state index contributed by atoms with van der Waals surface area (Å²) in [7, 11) is 0. The van der Waals surface area contributed by atoms with Gasteiger partial charge in [0.1, 0.15) is 12.6 Å². The summed E-state index contributed by atoms with van der Waals surface area (Å²) in [6, 6.07) is 8.38. The van der Waals surface area contributed by atoms with E-state index in [2.05, 4.69) is 5.32 Å². The monoisotopic (exact) mass is 277 g/mol. The highest BCUT2D eigenvalue weighted by Gasteiger charge is 2.25. The van der Waals surface area contributed by atoms with Crippen molar-refractivity contribution in [3.63, 3.8) is 0 Å². The molecule has 1 aromatic carbocycles. The van der Waals surface area contributed by atoms with E-state index in [4.69, 9.17) is 4.74 Å². The van der Waals surface area contributed by atoms with Gasteiger partial charge in [0.15, 0.2) is 6.29 Å². The van der Waals surface area contributed by atoms with Gasteiger partial charge < -0.3 is 10.1 Å². The van der Waals surface area contributed by atoms with Crippen LogP contribution in [-0.4, -0.2) is 24.2 Å². The van der Waals surface area contributed by atoms with Crippen molar-refractivity contribution in [3.05, 3.63) is 35.9 Å². The summed E-state index contributed by atoms with van der Waals surface area (Å²) in [6.45, 7) is 3.80. The fraction of sp³-hybridized carbons (Fsp3) is 0.400. The molecule has 0 bridgehead atoms. The Balaban J connectivity index is 2.54. The number of ether oxygens (including phenoxy) is 1. The van der Waals surface area contributed by atoms with Gasteiger partial charge in [-0.25, -0.2) is 4.79 Å². The Morgan fingerprint density at radius 3 is 2.50 bits per heavy atom. The predicted molar refractivity (Wildman–Crippen MR) is 74.1 cm³/mol. The van der Waals surface area contributed by atoms with Crippen molar-refractivity contribution in [2.75, 3.05) is 0 Å². The topological polar surface area (TPSA) is 72.5 Å². The van der Waals surface area contributed by atoms with Crippen molar-refractivity contribution in [1.29, 1.82) is 0 Å². The zero-order valence-corrected chi connectivity index (χ0v) is 11.7. The van der Waals surface area contributed by atoms with Gasteiger partial charge in [-0.05, 0) is 11.5 Å². The van der Waals surface area contributed by atoms with E-state index in [1.165, 1.54) is 0 Å². The quantitative estimate of drug-likeness (QED) is 0.612. The van der Waals surface area contributed by atoms with Crippen LogP contribution in [0.1, 0.15) is 25.8 Å². The average molecular weight is 277 g/mol. The Morgan fingerprint density at radius 1 is 1.30 bits per heavy atom. The maximum atomic E-state index is 11.7. The van der Waals surface area contributed by atoms with E-state index in [0.717, 1.165) is 5.56 Å². The van der Waals surface area contributed by atoms with Gasteiger partial charge in [-0.2, -0.15) is 0 Å². The second-order valence-electron chi connectivity index (χ2n) is 4.59. The van der Waals surface area contributed by atoms with Gasteiger partial charge >= 0.3 is 6.09 Å². The number of carbonyl (C=O) groups excluding carboxylic acids is 3. The highest BCUT2D eigenvalue weighted by molar-refractivity contribution is 6.27. The SMILES string of the molecule is CC[C@H](C)[C@H](NC(=O)OCc1ccccc1)C(=O)C=O. The third-order valence-corrected chi connectivity index (χ3v) is 3.12. The van der Waals surface area contributed by atoms with Gasteiger partial charge in [-0.3, -0.25) is 9.59 Å². The van der Waals surface area contributed by atoms with Crippen LogP contribution >= 0.6 is 0 Å². The van der Waals surface area contributed by atoms with Gasteiger partial charge in [-0.15, -0.1) is 0 Å². The molecule has 0 unspecified atom stereocenters. The molecule has 108 valence electrons. The number of rotatable bonds is 7. The maximum absolute atomic E-state index is 11.7. The molecule has 0 saturated heterocycles. The van der Waals surface area contributed by atoms with Crippen molar-refractivity contribution in [2.24, 2.45) is 5.92 Å². The number of nitrogens with one attached hydrogen (secondary N) is 1. The first-order valence-electron chi connectivity index (χ1n) is 6.54. The number of carbonyl (C=O) groups is 3. The molecule has 0 aliphatic rings. The smallest absolute Gasteiger partial charge is 0.408 e. The lowest BCUT2D eigenvalue weighted by Crippen LogP contribution is -2.45. The van der Waals surface area contributed by atoms with Crippen LogP contribution in [-0.2, 0) is 20.9 Å². The van der Waals surface area contributed by atoms with Crippen molar-refractivity contribution in [2.45, 2.75) is 32.9 Å². The van der Waals surface area contributed by atoms with E-state index in [9.17, 15) is 14.4 Å². The number of amides is 1. The standard InChI is InChI=1S/C15H19NO4/c1-3-11(2)14(13(18)9-17)16-15(19)20-10-12-7-5-4-6-8-12/h4-9,11,14H,3,10H2,1-2H3,(H,16,19)/t11-,14-/m0/s1. The molecule has 1 rings (SSSR count). The zero-order valence-electron chi connectivity index (χ0n) is 11.7. The predicted octanol–water partition coefficient (Wildman–Crippen LogP) is 2.10. The highest BCUT2D eigenvalue weighted by Crippen LogP contribution is 2.09. The summed E-state index contributed by atoms with van der Waals surface area (Å²) in [5.74, 6) is -0.770. The van der Waals surface area contributed by atoms with Crippen molar-refractivity contribution >= 4 is 18.2 Å². The Labute approximate surface area is 118 Å². The number of ketones is 1. The number of Topliss-reactive ketones (excluding diaryl/α,β-unsaturated/α-hetero) is 1. The average Bonchev–Trinajstić information content (AvgIpc) is 2.50. The second-order valence-corrected chi connectivity index (χ2v) is 4.59. The molecule has 5 heteroatoms. The molecule has 2 atom stereocenters. The third-order valence-electron chi connectivity index (χ3n) is 3.12. The highest BCUT2D eigenvalue weighted by atomic mass is 16.5. The molecule has 1 amide bonds. The van der Waals surface area contributed by atoms with Crippen LogP contribution in [0, 0.1) is 5.92 Å². The number of hydrogen-bond acceptors (Lipinski definition) is 4. The Morgan fingerprint density at radius 2 is 1.95 bits per heavy atom. The van der Waals surface area contributed by atoms with Crippen LogP contribution in [0.25, 0.3) is 0 Å². The van der Waals surface area contributed by atoms with Crippen LogP contribution in [0.4, 0.5) is 4.79 Å². The third kappa shape index (κ3) is 4.84. The molecule has 0 fully saturated rings. The van der Waals surface area contributed by atoms with Crippen LogP contribution in [0.3, 0.4) is 0 Å². The minimum atomic E-state index is -0.833. The minimum Gasteiger partial charge on any atom is -0.445 e. The molecule has 0 aliphatic carbocycles. The fourth-order valence-electron chi connectivity index (χ4n) is 1.69. The van der Waals surface area contributed by atoms with Crippen LogP contribution in [0.5, 0.6) is 0 Å². The molecule has 1 N–H and O–H groups in total. The lowest BCUT2D eigenvalue weighted by atomic mass is 9.96. The van der Waals surface area contributed by atoms with Crippen LogP contribution in [0.2, 0.25) is 0 Å². The first-order valence-corrected chi connectivity index (χ1v) is 6.54. The van der Waals surface area contributed by atoms with E-state index in [0.29, 0.717) is 6.42 Å². The summed E-state index contributed by atoms with van der Waals surface area (Å²) in [5, 5.41) is 2.45. The molecule has 0 radical (unpaired) electrons. The zero-order chi connectivity index (χ0) is 15.0. The molecule has 0 aliphatic heterocycles. The number of alkyl carbamates (subject to hydrolysis) is 1. The van der Waals surface area contributed by atoms with Gasteiger partial charge in [0.25, 0.3) is 0 Å². The van der Waals surface area contributed by atoms with Crippen molar-refractivity contribution < 1.29 is 19.1 Å². The lowest BCUT2D eigenvalue weighted by Gasteiger charge is -2.20. The van der Waals surface area contributed by atoms with Crippen molar-refractivity contribution in [3.8, 4) is 0 Å². The Kier molecular flexibility index (Phi) is 6.43. The summed E-state index contributed by atoms with van der Waals surface area (Å²) in [6.07, 6.45) is 0.201. The molecule has 0 saturated carbocycles. The summed E-state index contributed by atoms with van der Waals surface area (Å²) < 4.78 is 5.03. The van der Waals surface area contributed by atoms with Crippen LogP contribution in [0.15, 0.2) is 30.3 Å². The molecule has 1 aromatic rings. The lowest BCUT2D eigenvalue weighted by molar-refractivity contribution is -0.132. The molecule has 5 nitrogen and oxygen atoms in total. The molecule has 20 heavy (non-hydrogen) atoms. The molecular weight excluding hydrogens is 258 g/mol. The van der Waals surface area contributed by atoms with E-state index >= 15 is 0 Å². The van der Waals surface area contributed by atoms with Crippen LogP contribution < -0.4 is 5.32 Å². The van der Waals surface area contributed by atoms with E-state index < -0.39 is 17.9 Å². The van der Waals surface area contributed by atoms with Crippen molar-refractivity contribution in [1.82, 2.24) is 5.32 Å². The molecule has 0 heterocycles. The summed E-state index contributed by atoms with van der Waals surface area (Å²) in [5.41, 5.74) is 0.851. The normalized spacial score (nSPS) is 13.1. The van der Waals surface area contributed by atoms with Gasteiger partial charge in [0, 0.05) is 0 Å². The molecule has 0 aromatic heterocycles. The van der Waals surface area contributed by atoms with Gasteiger partial charge in [-0.1, -0.05) is 50.6 Å². The minimum absolute atomic E-state index is 0.120. The van der Waals surface area contributed by atoms with E-state index in [1.54, 1.807) is 6.92 Å². The summed E-state index contributed by atoms with van der Waals surface area (Å²) >= 11 is 0. The van der Waals surface area contributed by atoms with Gasteiger partial charge in [0.2, 0.25) is 5.78 Å². The fourth-order valence-corrected chi connectivity index (χ4v) is 1.69. The molecular formula is C15H19NO4. The van der Waals surface area contributed by atoms with E-state index in [1.807, 2.05) is 37.3 Å². The maximum Gasteiger partial charge on any atom is 0.408 e. The Bertz CT molecular complexity index is 458. The molecule has 0 spiro atoms. The second kappa shape index (κ2) is 8.09. The first-order chi connectivity index (χ1) is 9.58. The van der Waals surface area contributed by atoms with Gasteiger partial charge in [0.05, 0.1) is 0 Å². The first kappa shape index (κ1) is 15.9. The number of hydrogen-bond donors (Lipinski definition) is 1. The summed E-state index contributed by atoms with van der Waals surface area (Å²) in [4.78, 5) is 33.7. The largest absolute Gasteiger partial charge is 0.445 e. The Hall–Kier alpha value is -2.17. The van der Waals surface area contributed by atoms with E-state index in [-0.39, 0.29) is 18.8 Å².